The Kier molecular flexibility index (Phi) is 4.15. The summed E-state index contributed by atoms with van der Waals surface area (Å²) >= 11 is 0. The molecule has 2 N–H and O–H groups in total. The van der Waals surface area contributed by atoms with Crippen LogP contribution in [0.25, 0.3) is 0 Å². The first-order chi connectivity index (χ1) is 9.28. The fourth-order valence-electron chi connectivity index (χ4n) is 2.17. The summed E-state index contributed by atoms with van der Waals surface area (Å²) in [5.74, 6) is -0.629. The van der Waals surface area contributed by atoms with Crippen molar-refractivity contribution in [2.24, 2.45) is 0 Å². The zero-order valence-corrected chi connectivity index (χ0v) is 12.2. The molecule has 0 spiro atoms. The molecule has 1 heterocycles. The van der Waals surface area contributed by atoms with Crippen LogP contribution in [0.1, 0.15) is 25.8 Å². The van der Waals surface area contributed by atoms with Gasteiger partial charge >= 0.3 is 0 Å². The van der Waals surface area contributed by atoms with Crippen LogP contribution >= 0.6 is 0 Å². The highest BCUT2D eigenvalue weighted by Gasteiger charge is 2.40. The van der Waals surface area contributed by atoms with Gasteiger partial charge in [-0.1, -0.05) is 0 Å². The third-order valence-corrected chi connectivity index (χ3v) is 5.36. The van der Waals surface area contributed by atoms with Crippen LogP contribution in [-0.4, -0.2) is 31.8 Å². The largest absolute Gasteiger partial charge is 0.392 e. The van der Waals surface area contributed by atoms with Crippen molar-refractivity contribution in [1.82, 2.24) is 4.72 Å². The van der Waals surface area contributed by atoms with E-state index in [4.69, 9.17) is 9.84 Å². The van der Waals surface area contributed by atoms with Crippen LogP contribution in [0, 0.1) is 5.82 Å². The molecular weight excluding hydrogens is 285 g/mol. The Bertz CT molecular complexity index is 604. The summed E-state index contributed by atoms with van der Waals surface area (Å²) in [6.07, 6.45) is 0.330. The minimum absolute atomic E-state index is 0.0475. The van der Waals surface area contributed by atoms with Crippen LogP contribution in [0.3, 0.4) is 0 Å². The third kappa shape index (κ3) is 2.85. The van der Waals surface area contributed by atoms with Crippen molar-refractivity contribution in [2.45, 2.75) is 43.4 Å². The third-order valence-electron chi connectivity index (χ3n) is 3.75. The molecule has 112 valence electrons. The van der Waals surface area contributed by atoms with Gasteiger partial charge in [0.15, 0.2) is 0 Å². The molecule has 1 aliphatic rings. The Hall–Kier alpha value is -1.02. The maximum Gasteiger partial charge on any atom is 0.241 e. The molecule has 20 heavy (non-hydrogen) atoms. The molecular formula is C13H18FNO4S. The lowest BCUT2D eigenvalue weighted by atomic mass is 9.97. The van der Waals surface area contributed by atoms with Crippen molar-refractivity contribution in [3.05, 3.63) is 29.6 Å². The molecule has 5 nitrogen and oxygen atoms in total. The standard InChI is InChI=1S/C13H18FNO4S/c1-9-13(2,5-6-19-9)15-20(17,18)11-3-4-12(14)10(7-11)8-16/h3-4,7,9,15-16H,5-6,8H2,1-2H3. The van der Waals surface area contributed by atoms with Crippen molar-refractivity contribution in [1.29, 1.82) is 0 Å². The molecule has 0 radical (unpaired) electrons. The minimum atomic E-state index is -3.79. The number of nitrogens with one attached hydrogen (secondary N) is 1. The van der Waals surface area contributed by atoms with Gasteiger partial charge in [-0.3, -0.25) is 0 Å². The topological polar surface area (TPSA) is 75.6 Å². The normalized spacial score (nSPS) is 26.9. The molecule has 1 fully saturated rings. The molecule has 7 heteroatoms. The van der Waals surface area contributed by atoms with Gasteiger partial charge in [-0.2, -0.15) is 0 Å². The van der Waals surface area contributed by atoms with Gasteiger partial charge in [-0.05, 0) is 38.5 Å². The molecule has 0 aliphatic carbocycles. The summed E-state index contributed by atoms with van der Waals surface area (Å²) in [6, 6.07) is 3.36. The van der Waals surface area contributed by atoms with Crippen molar-refractivity contribution < 1.29 is 22.7 Å². The summed E-state index contributed by atoms with van der Waals surface area (Å²) in [5, 5.41) is 9.01. The van der Waals surface area contributed by atoms with Crippen molar-refractivity contribution in [3.63, 3.8) is 0 Å². The van der Waals surface area contributed by atoms with E-state index in [1.807, 2.05) is 0 Å². The number of aliphatic hydroxyl groups excluding tert-OH is 1. The molecule has 2 atom stereocenters. The number of hydrogen-bond acceptors (Lipinski definition) is 4. The molecule has 1 aromatic carbocycles. The van der Waals surface area contributed by atoms with E-state index in [1.54, 1.807) is 13.8 Å². The lowest BCUT2D eigenvalue weighted by molar-refractivity contribution is 0.0957. The number of halogens is 1. The summed E-state index contributed by atoms with van der Waals surface area (Å²) in [7, 11) is -3.79. The molecule has 1 aliphatic heterocycles. The van der Waals surface area contributed by atoms with Gasteiger partial charge in [0.05, 0.1) is 23.1 Å². The number of sulfonamides is 1. The summed E-state index contributed by atoms with van der Waals surface area (Å²) in [6.45, 7) is 3.52. The van der Waals surface area contributed by atoms with Gasteiger partial charge in [0.1, 0.15) is 5.82 Å². The summed E-state index contributed by atoms with van der Waals surface area (Å²) in [5.41, 5.74) is -0.735. The van der Waals surface area contributed by atoms with E-state index in [0.717, 1.165) is 12.1 Å². The average Bonchev–Trinajstić information content (AvgIpc) is 2.68. The van der Waals surface area contributed by atoms with Crippen LogP contribution in [-0.2, 0) is 21.4 Å². The Labute approximate surface area is 117 Å². The Morgan fingerprint density at radius 3 is 2.80 bits per heavy atom. The monoisotopic (exact) mass is 303 g/mol. The molecule has 2 unspecified atom stereocenters. The van der Waals surface area contributed by atoms with Crippen LogP contribution < -0.4 is 4.72 Å². The number of benzene rings is 1. The second kappa shape index (κ2) is 5.40. The lowest BCUT2D eigenvalue weighted by Gasteiger charge is -2.28. The average molecular weight is 303 g/mol. The first-order valence-corrected chi connectivity index (χ1v) is 7.82. The predicted molar refractivity (Wildman–Crippen MR) is 71.1 cm³/mol. The maximum absolute atomic E-state index is 13.3. The Balaban J connectivity index is 2.31. The van der Waals surface area contributed by atoms with E-state index < -0.39 is 28.0 Å². The molecule has 0 saturated carbocycles. The van der Waals surface area contributed by atoms with Gasteiger partial charge < -0.3 is 9.84 Å². The molecule has 0 aromatic heterocycles. The number of aliphatic hydroxyl groups is 1. The fraction of sp³-hybridized carbons (Fsp3) is 0.538. The van der Waals surface area contributed by atoms with Gasteiger partial charge in [0.25, 0.3) is 0 Å². The van der Waals surface area contributed by atoms with Crippen molar-refractivity contribution in [2.75, 3.05) is 6.61 Å². The highest BCUT2D eigenvalue weighted by Crippen LogP contribution is 2.27. The Morgan fingerprint density at radius 1 is 1.55 bits per heavy atom. The maximum atomic E-state index is 13.3. The molecule has 1 saturated heterocycles. The van der Waals surface area contributed by atoms with Crippen LogP contribution in [0.5, 0.6) is 0 Å². The summed E-state index contributed by atoms with van der Waals surface area (Å²) in [4.78, 5) is -0.0664. The SMILES string of the molecule is CC1OCCC1(C)NS(=O)(=O)c1ccc(F)c(CO)c1. The van der Waals surface area contributed by atoms with Gasteiger partial charge in [0.2, 0.25) is 10.0 Å². The van der Waals surface area contributed by atoms with E-state index in [0.29, 0.717) is 13.0 Å². The van der Waals surface area contributed by atoms with Crippen LogP contribution in [0.15, 0.2) is 23.1 Å². The predicted octanol–water partition coefficient (Wildman–Crippen LogP) is 1.16. The highest BCUT2D eigenvalue weighted by atomic mass is 32.2. The van der Waals surface area contributed by atoms with E-state index in [2.05, 4.69) is 4.72 Å². The molecule has 0 amide bonds. The number of hydrogen-bond donors (Lipinski definition) is 2. The second-order valence-electron chi connectivity index (χ2n) is 5.20. The van der Waals surface area contributed by atoms with Crippen molar-refractivity contribution >= 4 is 10.0 Å². The highest BCUT2D eigenvalue weighted by molar-refractivity contribution is 7.89. The van der Waals surface area contributed by atoms with E-state index in [9.17, 15) is 12.8 Å². The quantitative estimate of drug-likeness (QED) is 0.875. The smallest absolute Gasteiger partial charge is 0.241 e. The molecule has 2 rings (SSSR count). The van der Waals surface area contributed by atoms with E-state index >= 15 is 0 Å². The zero-order chi connectivity index (χ0) is 15.0. The molecule has 0 bridgehead atoms. The summed E-state index contributed by atoms with van der Waals surface area (Å²) < 4.78 is 46.0. The number of ether oxygens (including phenoxy) is 1. The minimum Gasteiger partial charge on any atom is -0.392 e. The second-order valence-corrected chi connectivity index (χ2v) is 6.88. The van der Waals surface area contributed by atoms with E-state index in [-0.39, 0.29) is 16.6 Å². The first-order valence-electron chi connectivity index (χ1n) is 6.33. The van der Waals surface area contributed by atoms with Gasteiger partial charge in [-0.25, -0.2) is 17.5 Å². The Morgan fingerprint density at radius 2 is 2.25 bits per heavy atom. The van der Waals surface area contributed by atoms with E-state index in [1.165, 1.54) is 6.07 Å². The van der Waals surface area contributed by atoms with Crippen LogP contribution in [0.4, 0.5) is 4.39 Å². The van der Waals surface area contributed by atoms with Crippen molar-refractivity contribution in [3.8, 4) is 0 Å². The first kappa shape index (κ1) is 15.4. The van der Waals surface area contributed by atoms with Crippen LogP contribution in [0.2, 0.25) is 0 Å². The molecule has 1 aromatic rings. The number of rotatable bonds is 4. The lowest BCUT2D eigenvalue weighted by Crippen LogP contribution is -2.50. The van der Waals surface area contributed by atoms with Gasteiger partial charge in [0, 0.05) is 12.2 Å². The van der Waals surface area contributed by atoms with Gasteiger partial charge in [-0.15, -0.1) is 0 Å². The zero-order valence-electron chi connectivity index (χ0n) is 11.4. The fourth-order valence-corrected chi connectivity index (χ4v) is 3.72.